The molecule has 0 atom stereocenters. The molecule has 0 bridgehead atoms. The first kappa shape index (κ1) is 28.0. The molecule has 0 amide bonds. The summed E-state index contributed by atoms with van der Waals surface area (Å²) in [6, 6.07) is 63.2. The number of nitrogens with one attached hydrogen (secondary N) is 1. The molecule has 0 aliphatic rings. The van der Waals surface area contributed by atoms with E-state index in [-0.39, 0.29) is 0 Å². The standard InChI is InChI=1S/C48H30N2O/c1-4-21-43-37(15-1)38-16-2-5-22-44(38)50(43)34-25-26-42-41(29-34)39-20-9-19-36(48(39)49-42)33-14-8-12-31(28-33)30-11-7-13-32(27-30)35-18-10-24-46-47(35)40-17-3-6-23-45(40)51-46/h1-29,49H. The fraction of sp³-hybridized carbons (Fsp3) is 0. The number of fused-ring (bicyclic) bond motifs is 9. The van der Waals surface area contributed by atoms with Crippen LogP contribution in [0.5, 0.6) is 0 Å². The third-order valence-corrected chi connectivity index (χ3v) is 10.5. The minimum Gasteiger partial charge on any atom is -0.456 e. The van der Waals surface area contributed by atoms with Crippen molar-refractivity contribution in [2.75, 3.05) is 0 Å². The fourth-order valence-corrected chi connectivity index (χ4v) is 8.24. The Bertz CT molecular complexity index is 3100. The van der Waals surface area contributed by atoms with Crippen molar-refractivity contribution in [3.8, 4) is 39.1 Å². The maximum Gasteiger partial charge on any atom is 0.136 e. The van der Waals surface area contributed by atoms with Crippen LogP contribution in [0.2, 0.25) is 0 Å². The SMILES string of the molecule is c1cc(-c2cccc(-c3cccc4oc5ccccc5c34)c2)cc(-c2cccc3c2[nH]c2ccc(-n4c5ccccc5c5ccccc54)cc23)c1. The van der Waals surface area contributed by atoms with Gasteiger partial charge in [0.2, 0.25) is 0 Å². The second-order valence-corrected chi connectivity index (χ2v) is 13.4. The molecule has 0 aliphatic carbocycles. The van der Waals surface area contributed by atoms with Crippen molar-refractivity contribution in [3.63, 3.8) is 0 Å². The van der Waals surface area contributed by atoms with Gasteiger partial charge in [0, 0.05) is 49.1 Å². The van der Waals surface area contributed by atoms with E-state index < -0.39 is 0 Å². The van der Waals surface area contributed by atoms with E-state index in [0.29, 0.717) is 0 Å². The molecule has 3 heteroatoms. The Hall–Kier alpha value is -6.84. The number of H-pyrrole nitrogens is 1. The fourth-order valence-electron chi connectivity index (χ4n) is 8.24. The van der Waals surface area contributed by atoms with E-state index in [1.165, 1.54) is 66.0 Å². The summed E-state index contributed by atoms with van der Waals surface area (Å²) in [6.07, 6.45) is 0. The van der Waals surface area contributed by atoms with Gasteiger partial charge in [0.1, 0.15) is 11.2 Å². The monoisotopic (exact) mass is 650 g/mol. The van der Waals surface area contributed by atoms with Crippen molar-refractivity contribution in [2.45, 2.75) is 0 Å². The summed E-state index contributed by atoms with van der Waals surface area (Å²) in [6.45, 7) is 0. The van der Waals surface area contributed by atoms with E-state index in [1.807, 2.05) is 12.1 Å². The lowest BCUT2D eigenvalue weighted by Crippen LogP contribution is -1.93. The lowest BCUT2D eigenvalue weighted by molar-refractivity contribution is 0.669. The molecule has 0 saturated carbocycles. The molecule has 51 heavy (non-hydrogen) atoms. The number of aromatic nitrogens is 2. The maximum absolute atomic E-state index is 6.21. The van der Waals surface area contributed by atoms with Crippen LogP contribution >= 0.6 is 0 Å². The Morgan fingerprint density at radius 2 is 0.961 bits per heavy atom. The highest BCUT2D eigenvalue weighted by atomic mass is 16.3. The lowest BCUT2D eigenvalue weighted by Gasteiger charge is -2.10. The highest BCUT2D eigenvalue weighted by Gasteiger charge is 2.16. The van der Waals surface area contributed by atoms with Gasteiger partial charge in [-0.25, -0.2) is 0 Å². The van der Waals surface area contributed by atoms with Gasteiger partial charge in [-0.15, -0.1) is 0 Å². The van der Waals surface area contributed by atoms with Gasteiger partial charge in [-0.3, -0.25) is 0 Å². The minimum absolute atomic E-state index is 0.912. The van der Waals surface area contributed by atoms with Crippen LogP contribution in [0.25, 0.3) is 105 Å². The number of para-hydroxylation sites is 4. The molecule has 0 aliphatic heterocycles. The second-order valence-electron chi connectivity index (χ2n) is 13.4. The van der Waals surface area contributed by atoms with E-state index in [0.717, 1.165) is 38.7 Å². The predicted molar refractivity (Wildman–Crippen MR) is 214 cm³/mol. The molecule has 3 aromatic heterocycles. The van der Waals surface area contributed by atoms with Gasteiger partial charge in [-0.2, -0.15) is 0 Å². The quantitative estimate of drug-likeness (QED) is 0.202. The van der Waals surface area contributed by atoms with Crippen molar-refractivity contribution in [2.24, 2.45) is 0 Å². The van der Waals surface area contributed by atoms with E-state index >= 15 is 0 Å². The van der Waals surface area contributed by atoms with Crippen molar-refractivity contribution in [1.82, 2.24) is 9.55 Å². The Morgan fingerprint density at radius 3 is 1.73 bits per heavy atom. The third kappa shape index (κ3) is 4.25. The molecular weight excluding hydrogens is 621 g/mol. The zero-order valence-corrected chi connectivity index (χ0v) is 27.6. The second kappa shape index (κ2) is 10.8. The normalized spacial score (nSPS) is 11.9. The van der Waals surface area contributed by atoms with E-state index in [1.54, 1.807) is 0 Å². The van der Waals surface area contributed by atoms with Gasteiger partial charge in [0.15, 0.2) is 0 Å². The van der Waals surface area contributed by atoms with Crippen LogP contribution in [0.15, 0.2) is 180 Å². The van der Waals surface area contributed by atoms with Crippen LogP contribution < -0.4 is 0 Å². The molecular formula is C48H30N2O. The topological polar surface area (TPSA) is 33.9 Å². The number of hydrogen-bond donors (Lipinski definition) is 1. The molecule has 11 rings (SSSR count). The molecule has 0 spiro atoms. The summed E-state index contributed by atoms with van der Waals surface area (Å²) in [5.74, 6) is 0. The summed E-state index contributed by atoms with van der Waals surface area (Å²) >= 11 is 0. The zero-order chi connectivity index (χ0) is 33.5. The van der Waals surface area contributed by atoms with Crippen LogP contribution in [0.1, 0.15) is 0 Å². The molecule has 1 N–H and O–H groups in total. The molecule has 3 nitrogen and oxygen atoms in total. The van der Waals surface area contributed by atoms with Crippen LogP contribution in [-0.4, -0.2) is 9.55 Å². The minimum atomic E-state index is 0.912. The summed E-state index contributed by atoms with van der Waals surface area (Å²) < 4.78 is 8.59. The zero-order valence-electron chi connectivity index (χ0n) is 27.6. The molecule has 0 radical (unpaired) electrons. The lowest BCUT2D eigenvalue weighted by atomic mass is 9.94. The first-order chi connectivity index (χ1) is 25.3. The molecule has 238 valence electrons. The molecule has 11 aromatic rings. The van der Waals surface area contributed by atoms with Gasteiger partial charge < -0.3 is 14.0 Å². The Morgan fingerprint density at radius 1 is 0.392 bits per heavy atom. The van der Waals surface area contributed by atoms with Crippen LogP contribution in [-0.2, 0) is 0 Å². The number of benzene rings is 8. The van der Waals surface area contributed by atoms with Gasteiger partial charge in [-0.05, 0) is 82.4 Å². The molecule has 0 fully saturated rings. The number of nitrogens with zero attached hydrogens (tertiary/aromatic N) is 1. The Kier molecular flexibility index (Phi) is 5.96. The van der Waals surface area contributed by atoms with E-state index in [9.17, 15) is 0 Å². The van der Waals surface area contributed by atoms with Crippen LogP contribution in [0.4, 0.5) is 0 Å². The van der Waals surface area contributed by atoms with Gasteiger partial charge in [0.05, 0.1) is 16.6 Å². The van der Waals surface area contributed by atoms with Gasteiger partial charge in [-0.1, -0.05) is 121 Å². The average molecular weight is 651 g/mol. The number of furan rings is 1. The molecule has 0 saturated heterocycles. The van der Waals surface area contributed by atoms with Crippen molar-refractivity contribution in [1.29, 1.82) is 0 Å². The molecule has 0 unspecified atom stereocenters. The Labute approximate surface area is 293 Å². The number of aromatic amines is 1. The largest absolute Gasteiger partial charge is 0.456 e. The van der Waals surface area contributed by atoms with Gasteiger partial charge >= 0.3 is 0 Å². The van der Waals surface area contributed by atoms with E-state index in [2.05, 4.69) is 173 Å². The van der Waals surface area contributed by atoms with Crippen molar-refractivity contribution < 1.29 is 4.42 Å². The first-order valence-corrected chi connectivity index (χ1v) is 17.4. The first-order valence-electron chi connectivity index (χ1n) is 17.4. The third-order valence-electron chi connectivity index (χ3n) is 10.5. The van der Waals surface area contributed by atoms with Crippen molar-refractivity contribution >= 4 is 65.6 Å². The molecule has 3 heterocycles. The highest BCUT2D eigenvalue weighted by Crippen LogP contribution is 2.40. The summed E-state index contributed by atoms with van der Waals surface area (Å²) in [5, 5.41) is 7.28. The van der Waals surface area contributed by atoms with Crippen LogP contribution in [0, 0.1) is 0 Å². The average Bonchev–Trinajstić information content (AvgIpc) is 3.87. The summed E-state index contributed by atoms with van der Waals surface area (Å²) in [4.78, 5) is 3.79. The number of rotatable bonds is 4. The highest BCUT2D eigenvalue weighted by molar-refractivity contribution is 6.14. The summed E-state index contributed by atoms with van der Waals surface area (Å²) in [5.41, 5.74) is 14.8. The maximum atomic E-state index is 6.21. The Balaban J connectivity index is 1.02. The summed E-state index contributed by atoms with van der Waals surface area (Å²) in [7, 11) is 0. The van der Waals surface area contributed by atoms with Gasteiger partial charge in [0.25, 0.3) is 0 Å². The predicted octanol–water partition coefficient (Wildman–Crippen LogP) is 13.3. The molecule has 8 aromatic carbocycles. The smallest absolute Gasteiger partial charge is 0.136 e. The number of hydrogen-bond acceptors (Lipinski definition) is 1. The van der Waals surface area contributed by atoms with Crippen LogP contribution in [0.3, 0.4) is 0 Å². The van der Waals surface area contributed by atoms with E-state index in [4.69, 9.17) is 4.42 Å². The van der Waals surface area contributed by atoms with Crippen molar-refractivity contribution in [3.05, 3.63) is 176 Å².